The van der Waals surface area contributed by atoms with Gasteiger partial charge in [-0.15, -0.1) is 0 Å². The van der Waals surface area contributed by atoms with E-state index in [0.29, 0.717) is 30.0 Å². The lowest BCUT2D eigenvalue weighted by Gasteiger charge is -2.16. The summed E-state index contributed by atoms with van der Waals surface area (Å²) >= 11 is 0. The number of Topliss-reactive ketones (excluding diaryl/α,β-unsaturated/α-hetero) is 1. The van der Waals surface area contributed by atoms with Crippen molar-refractivity contribution in [3.05, 3.63) is 23.8 Å². The predicted octanol–water partition coefficient (Wildman–Crippen LogP) is 0.106. The van der Waals surface area contributed by atoms with E-state index in [1.54, 1.807) is 25.1 Å². The first kappa shape index (κ1) is 19.2. The second-order valence-electron chi connectivity index (χ2n) is 5.97. The number of carbonyl (C=O) groups is 2. The summed E-state index contributed by atoms with van der Waals surface area (Å²) in [5, 5.41) is 5.66. The smallest absolute Gasteiger partial charge is 0.237 e. The Labute approximate surface area is 147 Å². The van der Waals surface area contributed by atoms with Gasteiger partial charge in [-0.3, -0.25) is 14.9 Å². The third-order valence-electron chi connectivity index (χ3n) is 4.03. The van der Waals surface area contributed by atoms with Crippen LogP contribution in [0.25, 0.3) is 0 Å². The molecule has 1 heterocycles. The third-order valence-corrected chi connectivity index (χ3v) is 4.03. The molecule has 8 nitrogen and oxygen atoms in total. The number of rotatable bonds is 10. The largest absolute Gasteiger partial charge is 0.454 e. The topological polar surface area (TPSA) is 129 Å². The lowest BCUT2D eigenvalue weighted by Crippen LogP contribution is -2.47. The van der Waals surface area contributed by atoms with E-state index in [-0.39, 0.29) is 25.2 Å². The maximum Gasteiger partial charge on any atom is 0.237 e. The molecule has 1 aliphatic heterocycles. The zero-order chi connectivity index (χ0) is 18.2. The number of fused-ring (bicyclic) bond motifs is 1. The van der Waals surface area contributed by atoms with Crippen LogP contribution < -0.4 is 31.6 Å². The van der Waals surface area contributed by atoms with Crippen LogP contribution in [0.3, 0.4) is 0 Å². The van der Waals surface area contributed by atoms with Gasteiger partial charge in [0.1, 0.15) is 0 Å². The van der Waals surface area contributed by atoms with E-state index in [4.69, 9.17) is 20.9 Å². The van der Waals surface area contributed by atoms with Gasteiger partial charge in [0, 0.05) is 5.56 Å². The van der Waals surface area contributed by atoms with Crippen molar-refractivity contribution in [3.8, 4) is 11.5 Å². The Balaban J connectivity index is 1.75. The maximum atomic E-state index is 12.4. The summed E-state index contributed by atoms with van der Waals surface area (Å²) in [7, 11) is 0. The van der Waals surface area contributed by atoms with Gasteiger partial charge in [-0.2, -0.15) is 0 Å². The van der Waals surface area contributed by atoms with E-state index in [2.05, 4.69) is 10.6 Å². The van der Waals surface area contributed by atoms with E-state index in [0.717, 1.165) is 12.8 Å². The van der Waals surface area contributed by atoms with Gasteiger partial charge in [0.2, 0.25) is 12.7 Å². The van der Waals surface area contributed by atoms with Gasteiger partial charge < -0.3 is 26.3 Å². The van der Waals surface area contributed by atoms with Gasteiger partial charge >= 0.3 is 0 Å². The van der Waals surface area contributed by atoms with Crippen LogP contribution in [0.5, 0.6) is 11.5 Å². The fourth-order valence-electron chi connectivity index (χ4n) is 2.45. The second-order valence-corrected chi connectivity index (χ2v) is 5.97. The standard InChI is InChI=1S/C17H26N4O4/c1-11(20-9-21-17(23)13(19)4-2-3-7-18)16(22)12-5-6-14-15(8-12)25-10-24-14/h5-6,8,11,13,20H,2-4,7,9-10,18-19H2,1H3,(H,21,23). The molecule has 0 radical (unpaired) electrons. The van der Waals surface area contributed by atoms with Gasteiger partial charge in [-0.25, -0.2) is 0 Å². The Hall–Kier alpha value is -2.16. The fourth-order valence-corrected chi connectivity index (χ4v) is 2.45. The van der Waals surface area contributed by atoms with Crippen molar-refractivity contribution in [1.29, 1.82) is 0 Å². The number of nitrogens with two attached hydrogens (primary N) is 2. The van der Waals surface area contributed by atoms with E-state index < -0.39 is 12.1 Å². The molecule has 1 aliphatic rings. The van der Waals surface area contributed by atoms with Crippen molar-refractivity contribution >= 4 is 11.7 Å². The number of ketones is 1. The van der Waals surface area contributed by atoms with Crippen LogP contribution in [0.1, 0.15) is 36.5 Å². The van der Waals surface area contributed by atoms with Crippen molar-refractivity contribution in [2.45, 2.75) is 38.3 Å². The van der Waals surface area contributed by atoms with Gasteiger partial charge in [0.25, 0.3) is 0 Å². The number of unbranched alkanes of at least 4 members (excludes halogenated alkanes) is 1. The van der Waals surface area contributed by atoms with Crippen LogP contribution in [0.15, 0.2) is 18.2 Å². The zero-order valence-electron chi connectivity index (χ0n) is 14.4. The molecule has 0 fully saturated rings. The molecule has 8 heteroatoms. The summed E-state index contributed by atoms with van der Waals surface area (Å²) in [6, 6.07) is 4.04. The molecule has 0 saturated carbocycles. The number of carbonyl (C=O) groups excluding carboxylic acids is 2. The van der Waals surface area contributed by atoms with E-state index in [1.807, 2.05) is 0 Å². The van der Waals surface area contributed by atoms with Crippen LogP contribution in [0, 0.1) is 0 Å². The van der Waals surface area contributed by atoms with Gasteiger partial charge in [0.15, 0.2) is 17.3 Å². The summed E-state index contributed by atoms with van der Waals surface area (Å²) in [4.78, 5) is 24.3. The molecule has 0 spiro atoms. The van der Waals surface area contributed by atoms with Crippen molar-refractivity contribution in [2.75, 3.05) is 20.0 Å². The highest BCUT2D eigenvalue weighted by atomic mass is 16.7. The summed E-state index contributed by atoms with van der Waals surface area (Å²) in [6.45, 7) is 2.66. The minimum absolute atomic E-state index is 0.0974. The van der Waals surface area contributed by atoms with Crippen LogP contribution in [-0.2, 0) is 4.79 Å². The SMILES string of the molecule is CC(NCNC(=O)C(N)CCCCN)C(=O)c1ccc2c(c1)OCO2. The summed E-state index contributed by atoms with van der Waals surface area (Å²) in [5.41, 5.74) is 11.7. The molecular formula is C17H26N4O4. The summed E-state index contributed by atoms with van der Waals surface area (Å²) in [5.74, 6) is 0.856. The van der Waals surface area contributed by atoms with Crippen LogP contribution in [0.2, 0.25) is 0 Å². The highest BCUT2D eigenvalue weighted by Crippen LogP contribution is 2.32. The average molecular weight is 350 g/mol. The maximum absolute atomic E-state index is 12.4. The molecule has 1 aromatic rings. The Morgan fingerprint density at radius 3 is 2.76 bits per heavy atom. The monoisotopic (exact) mass is 350 g/mol. The van der Waals surface area contributed by atoms with E-state index in [1.165, 1.54) is 0 Å². The Morgan fingerprint density at radius 1 is 1.24 bits per heavy atom. The predicted molar refractivity (Wildman–Crippen MR) is 93.4 cm³/mol. The molecule has 2 rings (SSSR count). The van der Waals surface area contributed by atoms with Crippen LogP contribution in [0.4, 0.5) is 0 Å². The minimum atomic E-state index is -0.562. The number of nitrogens with one attached hydrogen (secondary N) is 2. The van der Waals surface area contributed by atoms with Crippen LogP contribution >= 0.6 is 0 Å². The first-order chi connectivity index (χ1) is 12.0. The molecule has 0 saturated heterocycles. The molecule has 138 valence electrons. The molecule has 0 aromatic heterocycles. The van der Waals surface area contributed by atoms with Crippen molar-refractivity contribution in [2.24, 2.45) is 11.5 Å². The van der Waals surface area contributed by atoms with Gasteiger partial charge in [-0.1, -0.05) is 6.42 Å². The molecule has 1 amide bonds. The first-order valence-electron chi connectivity index (χ1n) is 8.43. The third kappa shape index (κ3) is 5.42. The van der Waals surface area contributed by atoms with Crippen molar-refractivity contribution in [1.82, 2.24) is 10.6 Å². The number of amides is 1. The fraction of sp³-hybridized carbons (Fsp3) is 0.529. The van der Waals surface area contributed by atoms with Gasteiger partial charge in [0.05, 0.1) is 18.8 Å². The Kier molecular flexibility index (Phi) is 7.17. The molecule has 0 aliphatic carbocycles. The molecule has 2 unspecified atom stereocenters. The summed E-state index contributed by atoms with van der Waals surface area (Å²) in [6.07, 6.45) is 2.26. The highest BCUT2D eigenvalue weighted by Gasteiger charge is 2.20. The van der Waals surface area contributed by atoms with Crippen molar-refractivity contribution < 1.29 is 19.1 Å². The van der Waals surface area contributed by atoms with Crippen LogP contribution in [-0.4, -0.2) is 43.8 Å². The quantitative estimate of drug-likeness (QED) is 0.268. The second kappa shape index (κ2) is 9.36. The Morgan fingerprint density at radius 2 is 2.00 bits per heavy atom. The zero-order valence-corrected chi connectivity index (χ0v) is 14.4. The van der Waals surface area contributed by atoms with E-state index >= 15 is 0 Å². The number of hydrogen-bond acceptors (Lipinski definition) is 7. The lowest BCUT2D eigenvalue weighted by atomic mass is 10.1. The molecule has 25 heavy (non-hydrogen) atoms. The molecule has 2 atom stereocenters. The van der Waals surface area contributed by atoms with Crippen molar-refractivity contribution in [3.63, 3.8) is 0 Å². The number of benzene rings is 1. The molecular weight excluding hydrogens is 324 g/mol. The number of ether oxygens (including phenoxy) is 2. The Bertz CT molecular complexity index is 608. The van der Waals surface area contributed by atoms with E-state index in [9.17, 15) is 9.59 Å². The number of hydrogen-bond donors (Lipinski definition) is 4. The average Bonchev–Trinajstić information content (AvgIpc) is 3.08. The molecule has 1 aromatic carbocycles. The molecule has 6 N–H and O–H groups in total. The molecule has 0 bridgehead atoms. The minimum Gasteiger partial charge on any atom is -0.454 e. The lowest BCUT2D eigenvalue weighted by molar-refractivity contribution is -0.122. The highest BCUT2D eigenvalue weighted by molar-refractivity contribution is 6.00. The van der Waals surface area contributed by atoms with Gasteiger partial charge in [-0.05, 0) is 44.5 Å². The normalized spacial score (nSPS) is 14.8. The first-order valence-corrected chi connectivity index (χ1v) is 8.43. The summed E-state index contributed by atoms with van der Waals surface area (Å²) < 4.78 is 10.5.